The highest BCUT2D eigenvalue weighted by Crippen LogP contribution is 2.46. The Balaban J connectivity index is 0.000000134. The average molecular weight is 1420 g/mol. The molecule has 4 heterocycles. The van der Waals surface area contributed by atoms with Crippen LogP contribution in [0.25, 0.3) is 219 Å². The Hall–Kier alpha value is -14.8. The van der Waals surface area contributed by atoms with Gasteiger partial charge in [0.25, 0.3) is 0 Å². The number of para-hydroxylation sites is 4. The fourth-order valence-electron chi connectivity index (χ4n) is 18.6. The first kappa shape index (κ1) is 63.3. The molecule has 0 bridgehead atoms. The number of hydrogen-bond acceptors (Lipinski definition) is 0. The number of aromatic nitrogens is 4. The number of hydrogen-bond donors (Lipinski definition) is 0. The van der Waals surface area contributed by atoms with E-state index in [0.717, 1.165) is 11.4 Å². The predicted molar refractivity (Wildman–Crippen MR) is 477 cm³/mol. The zero-order chi connectivity index (χ0) is 73.5. The highest BCUT2D eigenvalue weighted by molar-refractivity contribution is 6.26. The van der Waals surface area contributed by atoms with Crippen LogP contribution in [0.15, 0.2) is 413 Å². The smallest absolute Gasteiger partial charge is 0.0547 e. The molecule has 0 aliphatic heterocycles. The van der Waals surface area contributed by atoms with Crippen molar-refractivity contribution in [2.75, 3.05) is 0 Å². The topological polar surface area (TPSA) is 19.7 Å². The van der Waals surface area contributed by atoms with Crippen LogP contribution in [0.5, 0.6) is 0 Å². The second kappa shape index (κ2) is 25.4. The number of benzene rings is 20. The van der Waals surface area contributed by atoms with Crippen LogP contribution < -0.4 is 0 Å². The summed E-state index contributed by atoms with van der Waals surface area (Å²) in [6.45, 7) is 0. The minimum atomic E-state index is 1.16. The second-order valence-electron chi connectivity index (χ2n) is 29.8. The molecule has 4 heteroatoms. The lowest BCUT2D eigenvalue weighted by Crippen LogP contribution is -1.95. The molecule has 4 nitrogen and oxygen atoms in total. The molecule has 0 spiro atoms. The highest BCUT2D eigenvalue weighted by atomic mass is 15.0. The third-order valence-corrected chi connectivity index (χ3v) is 23.8. The van der Waals surface area contributed by atoms with Crippen LogP contribution in [0.2, 0.25) is 0 Å². The van der Waals surface area contributed by atoms with E-state index in [-0.39, 0.29) is 0 Å². The van der Waals surface area contributed by atoms with Crippen LogP contribution in [-0.2, 0) is 0 Å². The molecule has 0 atom stereocenters. The van der Waals surface area contributed by atoms with Gasteiger partial charge in [0.05, 0.1) is 55.5 Å². The largest absolute Gasteiger partial charge is 0.309 e. The van der Waals surface area contributed by atoms with E-state index >= 15 is 0 Å². The third kappa shape index (κ3) is 9.95. The van der Waals surface area contributed by atoms with E-state index in [4.69, 9.17) is 0 Å². The summed E-state index contributed by atoms with van der Waals surface area (Å²) < 4.78 is 9.74. The maximum atomic E-state index is 2.46. The van der Waals surface area contributed by atoms with E-state index in [9.17, 15) is 0 Å². The van der Waals surface area contributed by atoms with Gasteiger partial charge in [-0.3, -0.25) is 0 Å². The van der Waals surface area contributed by atoms with E-state index in [1.54, 1.807) is 0 Å². The number of fused-ring (bicyclic) bond motifs is 22. The van der Waals surface area contributed by atoms with Crippen molar-refractivity contribution in [3.05, 3.63) is 413 Å². The Kier molecular flexibility index (Phi) is 14.3. The van der Waals surface area contributed by atoms with Gasteiger partial charge in [-0.2, -0.15) is 0 Å². The molecule has 24 rings (SSSR count). The molecule has 4 aromatic heterocycles. The standard InChI is InChI=1S/2C54H34N2/c1-2-11-35(12-3-1)36-25-29-42(30-26-36)55-49-18-8-6-16-44(49)53-46-33-40(23-21-38(46)27-31-51(53)55)41-24-22-39-28-32-52-54(47(39)34-41)45-17-7-9-19-50(45)56(52)48-20-10-14-37-13-4-5-15-43(37)48;1-2-11-35(12-3-1)36-23-28-42(29-24-36)55-49-18-8-6-16-45(49)53-44-30-25-39(33-41(44)27-32-51(53)55)40-22-21-38-26-31-52-54(47(38)34-40)46-17-7-9-19-50(46)56(52)48-20-10-14-37-13-4-5-15-43(37)48/h2*1-34H. The molecule has 0 unspecified atom stereocenters. The minimum absolute atomic E-state index is 1.16. The van der Waals surface area contributed by atoms with Gasteiger partial charge in [-0.15, -0.1) is 0 Å². The monoisotopic (exact) mass is 1420 g/mol. The van der Waals surface area contributed by atoms with E-state index in [0.29, 0.717) is 0 Å². The maximum Gasteiger partial charge on any atom is 0.0547 e. The van der Waals surface area contributed by atoms with Gasteiger partial charge < -0.3 is 18.3 Å². The lowest BCUT2D eigenvalue weighted by atomic mass is 9.95. The lowest BCUT2D eigenvalue weighted by Gasteiger charge is -2.12. The first-order chi connectivity index (χ1) is 55.6. The molecular formula is C108H68N4. The molecule has 20 aromatic carbocycles. The SMILES string of the molecule is c1ccc(-c2ccc(-n3c4ccccc4c4c5cc(-c6ccc7ccc8c(c7c6)c6ccccc6n8-c6cccc7ccccc67)ccc5ccc43)cc2)cc1.c1ccc(-c2ccc(-n3c4ccccc4c4c5ccc(-c6ccc7ccc8c(c7c6)c6ccccc6n8-c6cccc7ccccc67)cc5ccc43)cc2)cc1. The van der Waals surface area contributed by atoms with Crippen LogP contribution in [-0.4, -0.2) is 18.3 Å². The number of nitrogens with zero attached hydrogens (tertiary/aromatic N) is 4. The van der Waals surface area contributed by atoms with E-state index < -0.39 is 0 Å². The first-order valence-corrected chi connectivity index (χ1v) is 38.7. The van der Waals surface area contributed by atoms with Crippen molar-refractivity contribution < 1.29 is 0 Å². The summed E-state index contributed by atoms with van der Waals surface area (Å²) in [7, 11) is 0. The van der Waals surface area contributed by atoms with Crippen molar-refractivity contribution in [3.63, 3.8) is 0 Å². The quantitative estimate of drug-likeness (QED) is 0.144. The van der Waals surface area contributed by atoms with Crippen molar-refractivity contribution in [1.82, 2.24) is 18.3 Å². The fourth-order valence-corrected chi connectivity index (χ4v) is 18.6. The molecule has 0 aliphatic rings. The van der Waals surface area contributed by atoms with Gasteiger partial charge in [-0.05, 0) is 208 Å². The van der Waals surface area contributed by atoms with E-state index in [1.807, 2.05) is 0 Å². The van der Waals surface area contributed by atoms with Crippen molar-refractivity contribution in [3.8, 4) is 67.3 Å². The van der Waals surface area contributed by atoms with Crippen molar-refractivity contribution in [2.45, 2.75) is 0 Å². The Morgan fingerprint density at radius 3 is 0.795 bits per heavy atom. The molecule has 112 heavy (non-hydrogen) atoms. The molecule has 520 valence electrons. The summed E-state index contributed by atoms with van der Waals surface area (Å²) in [6, 6.07) is 151. The van der Waals surface area contributed by atoms with Crippen LogP contribution in [0.4, 0.5) is 0 Å². The van der Waals surface area contributed by atoms with Gasteiger partial charge in [0.2, 0.25) is 0 Å². The zero-order valence-electron chi connectivity index (χ0n) is 61.0. The highest BCUT2D eigenvalue weighted by Gasteiger charge is 2.23. The fraction of sp³-hybridized carbons (Fsp3) is 0. The molecule has 0 fully saturated rings. The summed E-state index contributed by atoms with van der Waals surface area (Å²) in [5, 5.41) is 25.2. The van der Waals surface area contributed by atoms with Gasteiger partial charge in [0.15, 0.2) is 0 Å². The van der Waals surface area contributed by atoms with Gasteiger partial charge in [0.1, 0.15) is 0 Å². The maximum absolute atomic E-state index is 2.46. The van der Waals surface area contributed by atoms with Gasteiger partial charge >= 0.3 is 0 Å². The first-order valence-electron chi connectivity index (χ1n) is 38.7. The van der Waals surface area contributed by atoms with Crippen molar-refractivity contribution >= 4 is 152 Å². The summed E-state index contributed by atoms with van der Waals surface area (Å²) >= 11 is 0. The Morgan fingerprint density at radius 2 is 0.393 bits per heavy atom. The lowest BCUT2D eigenvalue weighted by molar-refractivity contribution is 1.18. The van der Waals surface area contributed by atoms with Gasteiger partial charge in [0, 0.05) is 65.2 Å². The molecule has 0 N–H and O–H groups in total. The summed E-state index contributed by atoms with van der Waals surface area (Å²) in [5.41, 5.74) is 24.2. The molecule has 0 saturated heterocycles. The summed E-state index contributed by atoms with van der Waals surface area (Å²) in [4.78, 5) is 0. The second-order valence-corrected chi connectivity index (χ2v) is 29.8. The minimum Gasteiger partial charge on any atom is -0.309 e. The van der Waals surface area contributed by atoms with Gasteiger partial charge in [-0.25, -0.2) is 0 Å². The summed E-state index contributed by atoms with van der Waals surface area (Å²) in [5.74, 6) is 0. The van der Waals surface area contributed by atoms with E-state index in [1.165, 1.54) is 208 Å². The molecule has 0 amide bonds. The van der Waals surface area contributed by atoms with E-state index in [2.05, 4.69) is 431 Å². The molecule has 24 aromatic rings. The van der Waals surface area contributed by atoms with Crippen LogP contribution in [0.1, 0.15) is 0 Å². The number of rotatable bonds is 8. The van der Waals surface area contributed by atoms with Crippen LogP contribution >= 0.6 is 0 Å². The average Bonchev–Trinajstić information content (AvgIpc) is 1.58. The predicted octanol–water partition coefficient (Wildman–Crippen LogP) is 29.3. The Morgan fingerprint density at radius 1 is 0.125 bits per heavy atom. The molecular weight excluding hydrogens is 1350 g/mol. The molecule has 0 saturated carbocycles. The Labute approximate surface area is 645 Å². The summed E-state index contributed by atoms with van der Waals surface area (Å²) in [6.07, 6.45) is 0. The zero-order valence-corrected chi connectivity index (χ0v) is 61.0. The van der Waals surface area contributed by atoms with Crippen molar-refractivity contribution in [2.24, 2.45) is 0 Å². The Bertz CT molecular complexity index is 7960. The molecule has 0 aliphatic carbocycles. The third-order valence-electron chi connectivity index (χ3n) is 23.8. The van der Waals surface area contributed by atoms with Crippen LogP contribution in [0.3, 0.4) is 0 Å². The van der Waals surface area contributed by atoms with Gasteiger partial charge in [-0.1, -0.05) is 303 Å². The normalized spacial score (nSPS) is 11.9. The molecule has 0 radical (unpaired) electrons. The van der Waals surface area contributed by atoms with Crippen LogP contribution in [0, 0.1) is 0 Å². The van der Waals surface area contributed by atoms with Crippen molar-refractivity contribution in [1.29, 1.82) is 0 Å².